The average Bonchev–Trinajstić information content (AvgIpc) is 2.47. The van der Waals surface area contributed by atoms with E-state index >= 15 is 0 Å². The molecule has 0 aromatic heterocycles. The molecule has 0 heterocycles. The van der Waals surface area contributed by atoms with Gasteiger partial charge in [-0.3, -0.25) is 0 Å². The standard InChI is InChI=1S/C19H19/c1-2-3-4-8-15-10-7-12-19-17-11-6-5-9-16(17)13-14-18(15)19/h5-7,9-14H,1-4,8H2. The number of hydrogen-bond acceptors (Lipinski definition) is 0. The summed E-state index contributed by atoms with van der Waals surface area (Å²) in [6.07, 6.45) is 4.64. The van der Waals surface area contributed by atoms with Crippen molar-refractivity contribution in [2.45, 2.75) is 25.7 Å². The number of hydrogen-bond donors (Lipinski definition) is 0. The van der Waals surface area contributed by atoms with Crippen LogP contribution in [0.2, 0.25) is 0 Å². The molecule has 0 saturated carbocycles. The Morgan fingerprint density at radius 2 is 1.53 bits per heavy atom. The molecule has 1 radical (unpaired) electrons. The highest BCUT2D eigenvalue weighted by Crippen LogP contribution is 2.28. The molecule has 0 saturated heterocycles. The summed E-state index contributed by atoms with van der Waals surface area (Å²) >= 11 is 0. The number of unbranched alkanes of at least 4 members (excludes halogenated alkanes) is 2. The van der Waals surface area contributed by atoms with Crippen LogP contribution in [0.15, 0.2) is 54.6 Å². The van der Waals surface area contributed by atoms with Gasteiger partial charge in [0.2, 0.25) is 0 Å². The largest absolute Gasteiger partial charge is 0.0616 e. The second-order valence-corrected chi connectivity index (χ2v) is 5.11. The van der Waals surface area contributed by atoms with Crippen LogP contribution in [0.25, 0.3) is 21.5 Å². The lowest BCUT2D eigenvalue weighted by Crippen LogP contribution is -1.88. The summed E-state index contributed by atoms with van der Waals surface area (Å²) in [6.45, 7) is 3.92. The summed E-state index contributed by atoms with van der Waals surface area (Å²) in [6, 6.07) is 19.8. The van der Waals surface area contributed by atoms with E-state index in [0.29, 0.717) is 0 Å². The number of aryl methyl sites for hydroxylation is 1. The van der Waals surface area contributed by atoms with Gasteiger partial charge >= 0.3 is 0 Å². The Kier molecular flexibility index (Phi) is 3.50. The number of fused-ring (bicyclic) bond motifs is 3. The zero-order valence-electron chi connectivity index (χ0n) is 11.2. The smallest absolute Gasteiger partial charge is 0.0103 e. The molecular formula is C19H19. The highest BCUT2D eigenvalue weighted by Gasteiger charge is 2.04. The van der Waals surface area contributed by atoms with Gasteiger partial charge in [0.1, 0.15) is 0 Å². The predicted molar refractivity (Wildman–Crippen MR) is 84.4 cm³/mol. The van der Waals surface area contributed by atoms with Crippen LogP contribution >= 0.6 is 0 Å². The molecule has 0 aliphatic heterocycles. The average molecular weight is 247 g/mol. The molecule has 0 unspecified atom stereocenters. The van der Waals surface area contributed by atoms with E-state index in [1.165, 1.54) is 39.9 Å². The molecule has 3 aromatic rings. The van der Waals surface area contributed by atoms with Crippen LogP contribution in [-0.2, 0) is 6.42 Å². The summed E-state index contributed by atoms with van der Waals surface area (Å²) < 4.78 is 0. The van der Waals surface area contributed by atoms with Crippen molar-refractivity contribution in [1.29, 1.82) is 0 Å². The summed E-state index contributed by atoms with van der Waals surface area (Å²) in [4.78, 5) is 0. The molecule has 0 heteroatoms. The third kappa shape index (κ3) is 2.35. The summed E-state index contributed by atoms with van der Waals surface area (Å²) in [5, 5.41) is 5.47. The highest BCUT2D eigenvalue weighted by atomic mass is 14.1. The first-order valence-corrected chi connectivity index (χ1v) is 7.09. The molecule has 0 spiro atoms. The molecule has 3 aromatic carbocycles. The van der Waals surface area contributed by atoms with Crippen LogP contribution in [0.3, 0.4) is 0 Å². The molecule has 0 N–H and O–H groups in total. The van der Waals surface area contributed by atoms with E-state index in [1.807, 2.05) is 0 Å². The first kappa shape index (κ1) is 12.2. The lowest BCUT2D eigenvalue weighted by molar-refractivity contribution is 0.749. The van der Waals surface area contributed by atoms with Gasteiger partial charge in [-0.1, -0.05) is 74.4 Å². The third-order valence-corrected chi connectivity index (χ3v) is 3.82. The van der Waals surface area contributed by atoms with Gasteiger partial charge in [-0.05, 0) is 39.9 Å². The van der Waals surface area contributed by atoms with E-state index in [9.17, 15) is 0 Å². The Bertz CT molecular complexity index is 695. The second kappa shape index (κ2) is 5.44. The molecule has 0 fully saturated rings. The van der Waals surface area contributed by atoms with E-state index in [0.717, 1.165) is 12.8 Å². The molecule has 0 bridgehead atoms. The molecule has 0 amide bonds. The van der Waals surface area contributed by atoms with Gasteiger partial charge in [0.25, 0.3) is 0 Å². The lowest BCUT2D eigenvalue weighted by atomic mass is 9.96. The number of benzene rings is 3. The van der Waals surface area contributed by atoms with Crippen LogP contribution in [0, 0.1) is 6.92 Å². The van der Waals surface area contributed by atoms with Crippen LogP contribution in [0.5, 0.6) is 0 Å². The Morgan fingerprint density at radius 1 is 0.684 bits per heavy atom. The minimum Gasteiger partial charge on any atom is -0.0616 e. The van der Waals surface area contributed by atoms with Crippen molar-refractivity contribution in [1.82, 2.24) is 0 Å². The Hall–Kier alpha value is -1.82. The van der Waals surface area contributed by atoms with Crippen LogP contribution in [0.1, 0.15) is 24.8 Å². The van der Waals surface area contributed by atoms with E-state index in [1.54, 1.807) is 0 Å². The van der Waals surface area contributed by atoms with E-state index in [4.69, 9.17) is 0 Å². The van der Waals surface area contributed by atoms with Gasteiger partial charge in [-0.2, -0.15) is 0 Å². The first-order valence-electron chi connectivity index (χ1n) is 7.09. The molecule has 0 aliphatic rings. The first-order chi connectivity index (χ1) is 9.40. The maximum Gasteiger partial charge on any atom is -0.0103 e. The lowest BCUT2D eigenvalue weighted by Gasteiger charge is -2.09. The molecule has 95 valence electrons. The molecule has 3 rings (SSSR count). The molecule has 0 atom stereocenters. The van der Waals surface area contributed by atoms with Crippen molar-refractivity contribution >= 4 is 21.5 Å². The van der Waals surface area contributed by atoms with Gasteiger partial charge in [-0.25, -0.2) is 0 Å². The minimum atomic E-state index is 1.04. The zero-order valence-corrected chi connectivity index (χ0v) is 11.2. The minimum absolute atomic E-state index is 1.04. The maximum absolute atomic E-state index is 3.92. The summed E-state index contributed by atoms with van der Waals surface area (Å²) in [5.74, 6) is 0. The fourth-order valence-corrected chi connectivity index (χ4v) is 2.82. The Labute approximate surface area is 115 Å². The van der Waals surface area contributed by atoms with Gasteiger partial charge < -0.3 is 0 Å². The summed E-state index contributed by atoms with van der Waals surface area (Å²) in [5.41, 5.74) is 1.47. The van der Waals surface area contributed by atoms with Crippen molar-refractivity contribution in [3.8, 4) is 0 Å². The molecular weight excluding hydrogens is 228 g/mol. The van der Waals surface area contributed by atoms with Gasteiger partial charge in [0.05, 0.1) is 0 Å². The van der Waals surface area contributed by atoms with Gasteiger partial charge in [0, 0.05) is 0 Å². The van der Waals surface area contributed by atoms with Gasteiger partial charge in [-0.15, -0.1) is 0 Å². The Balaban J connectivity index is 2.12. The highest BCUT2D eigenvalue weighted by molar-refractivity contribution is 6.08. The monoisotopic (exact) mass is 247 g/mol. The number of rotatable bonds is 4. The quantitative estimate of drug-likeness (QED) is 0.419. The Morgan fingerprint density at radius 3 is 2.42 bits per heavy atom. The van der Waals surface area contributed by atoms with Gasteiger partial charge in [0.15, 0.2) is 0 Å². The normalized spacial score (nSPS) is 11.2. The van der Waals surface area contributed by atoms with E-state index in [-0.39, 0.29) is 0 Å². The predicted octanol–water partition coefficient (Wildman–Crippen LogP) is 5.54. The third-order valence-electron chi connectivity index (χ3n) is 3.82. The topological polar surface area (TPSA) is 0 Å². The second-order valence-electron chi connectivity index (χ2n) is 5.11. The van der Waals surface area contributed by atoms with Crippen LogP contribution in [-0.4, -0.2) is 0 Å². The van der Waals surface area contributed by atoms with E-state index in [2.05, 4.69) is 61.5 Å². The van der Waals surface area contributed by atoms with Crippen molar-refractivity contribution in [2.75, 3.05) is 0 Å². The molecule has 0 nitrogen and oxygen atoms in total. The van der Waals surface area contributed by atoms with Crippen molar-refractivity contribution in [3.63, 3.8) is 0 Å². The fraction of sp³-hybridized carbons (Fsp3) is 0.211. The fourth-order valence-electron chi connectivity index (χ4n) is 2.82. The SMILES string of the molecule is [CH2]CCCCc1cccc2c1ccc1ccccc12. The van der Waals surface area contributed by atoms with E-state index < -0.39 is 0 Å². The van der Waals surface area contributed by atoms with Crippen molar-refractivity contribution < 1.29 is 0 Å². The van der Waals surface area contributed by atoms with Crippen molar-refractivity contribution in [3.05, 3.63) is 67.1 Å². The molecule has 19 heavy (non-hydrogen) atoms. The van der Waals surface area contributed by atoms with Crippen LogP contribution < -0.4 is 0 Å². The maximum atomic E-state index is 3.92. The summed E-state index contributed by atoms with van der Waals surface area (Å²) in [7, 11) is 0. The van der Waals surface area contributed by atoms with Crippen molar-refractivity contribution in [2.24, 2.45) is 0 Å². The molecule has 0 aliphatic carbocycles. The van der Waals surface area contributed by atoms with Crippen LogP contribution in [0.4, 0.5) is 0 Å². The zero-order chi connectivity index (χ0) is 13.1.